The molecule has 3 rings (SSSR count). The van der Waals surface area contributed by atoms with Gasteiger partial charge < -0.3 is 14.4 Å². The molecule has 0 spiro atoms. The molecule has 0 bridgehead atoms. The minimum absolute atomic E-state index is 0.0647. The number of aliphatic hydroxyl groups is 1. The summed E-state index contributed by atoms with van der Waals surface area (Å²) in [6.07, 6.45) is 4.32. The van der Waals surface area contributed by atoms with Crippen LogP contribution in [0.1, 0.15) is 48.8 Å². The van der Waals surface area contributed by atoms with E-state index in [1.165, 1.54) is 12.3 Å². The van der Waals surface area contributed by atoms with Crippen molar-refractivity contribution in [3.05, 3.63) is 35.0 Å². The highest BCUT2D eigenvalue weighted by Crippen LogP contribution is 2.32. The first-order valence-corrected chi connectivity index (χ1v) is 7.95. The van der Waals surface area contributed by atoms with Crippen molar-refractivity contribution in [3.8, 4) is 0 Å². The van der Waals surface area contributed by atoms with Crippen LogP contribution in [0.5, 0.6) is 0 Å². The first-order chi connectivity index (χ1) is 10.9. The van der Waals surface area contributed by atoms with Crippen LogP contribution >= 0.6 is 11.6 Å². The number of piperidine rings is 1. The largest absolute Gasteiger partial charge is 0.452 e. The Labute approximate surface area is 138 Å². The molecule has 1 aliphatic heterocycles. The Hall–Kier alpha value is -1.86. The highest BCUT2D eigenvalue weighted by Gasteiger charge is 2.40. The minimum Gasteiger partial charge on any atom is -0.452 e. The number of amides is 1. The topological polar surface area (TPSA) is 84.4 Å². The van der Waals surface area contributed by atoms with Crippen molar-refractivity contribution in [3.63, 3.8) is 0 Å². The molecule has 1 N–H and O–H groups in total. The van der Waals surface area contributed by atoms with E-state index in [1.807, 2.05) is 13.8 Å². The Balaban J connectivity index is 1.81. The molecule has 1 amide bonds. The fourth-order valence-corrected chi connectivity index (χ4v) is 2.97. The molecule has 0 radical (unpaired) electrons. The van der Waals surface area contributed by atoms with Gasteiger partial charge in [-0.05, 0) is 44.4 Å². The fourth-order valence-electron chi connectivity index (χ4n) is 2.78. The standard InChI is InChI=1S/C15H19ClN4O3/c1-10(2)20-8-12(17-18-20)15(22)5-3-6-19(9-15)14(21)11-4-7-23-13(11)16/h4,7-8,10,22H,3,5-6,9H2,1-2H3/t15-/m0/s1. The van der Waals surface area contributed by atoms with Gasteiger partial charge in [0, 0.05) is 12.6 Å². The zero-order valence-electron chi connectivity index (χ0n) is 13.1. The summed E-state index contributed by atoms with van der Waals surface area (Å²) in [6, 6.07) is 1.69. The monoisotopic (exact) mass is 338 g/mol. The van der Waals surface area contributed by atoms with Gasteiger partial charge in [-0.15, -0.1) is 5.10 Å². The van der Waals surface area contributed by atoms with Gasteiger partial charge in [0.1, 0.15) is 11.3 Å². The molecule has 0 aliphatic carbocycles. The maximum atomic E-state index is 12.5. The normalized spacial score (nSPS) is 21.9. The van der Waals surface area contributed by atoms with E-state index in [9.17, 15) is 9.90 Å². The average Bonchev–Trinajstić information content (AvgIpc) is 3.15. The van der Waals surface area contributed by atoms with Crippen molar-refractivity contribution >= 4 is 17.5 Å². The molecule has 7 nitrogen and oxygen atoms in total. The van der Waals surface area contributed by atoms with Crippen LogP contribution < -0.4 is 0 Å². The number of rotatable bonds is 3. The third-order valence-corrected chi connectivity index (χ3v) is 4.42. The lowest BCUT2D eigenvalue weighted by Gasteiger charge is -2.37. The summed E-state index contributed by atoms with van der Waals surface area (Å²) >= 11 is 5.88. The number of carbonyl (C=O) groups is 1. The summed E-state index contributed by atoms with van der Waals surface area (Å²) < 4.78 is 6.67. The molecular formula is C15H19ClN4O3. The molecule has 1 aliphatic rings. The predicted octanol–water partition coefficient (Wildman–Crippen LogP) is 2.23. The number of hydrogen-bond donors (Lipinski definition) is 1. The van der Waals surface area contributed by atoms with E-state index in [4.69, 9.17) is 16.0 Å². The zero-order chi connectivity index (χ0) is 16.6. The number of furan rings is 1. The lowest BCUT2D eigenvalue weighted by atomic mass is 9.89. The summed E-state index contributed by atoms with van der Waals surface area (Å²) in [5.74, 6) is -0.252. The van der Waals surface area contributed by atoms with E-state index in [0.717, 1.165) is 0 Å². The molecule has 0 unspecified atom stereocenters. The number of carbonyl (C=O) groups excluding carboxylic acids is 1. The van der Waals surface area contributed by atoms with Gasteiger partial charge in [0.2, 0.25) is 5.22 Å². The van der Waals surface area contributed by atoms with Crippen molar-refractivity contribution in [1.82, 2.24) is 19.9 Å². The second kappa shape index (κ2) is 5.98. The SMILES string of the molecule is CC(C)n1cc([C@]2(O)CCCN(C(=O)c3ccoc3Cl)C2)nn1. The smallest absolute Gasteiger partial charge is 0.258 e. The molecule has 2 aromatic rings. The predicted molar refractivity (Wildman–Crippen MR) is 83.2 cm³/mol. The van der Waals surface area contributed by atoms with Crippen molar-refractivity contribution in [2.24, 2.45) is 0 Å². The maximum Gasteiger partial charge on any atom is 0.258 e. The van der Waals surface area contributed by atoms with E-state index in [1.54, 1.807) is 15.8 Å². The molecule has 124 valence electrons. The molecule has 1 fully saturated rings. The van der Waals surface area contributed by atoms with Gasteiger partial charge in [-0.1, -0.05) is 5.21 Å². The maximum absolute atomic E-state index is 12.5. The molecule has 3 heterocycles. The Morgan fingerprint density at radius 3 is 2.91 bits per heavy atom. The quantitative estimate of drug-likeness (QED) is 0.927. The third-order valence-electron chi connectivity index (χ3n) is 4.12. The van der Waals surface area contributed by atoms with Gasteiger partial charge in [0.15, 0.2) is 0 Å². The Morgan fingerprint density at radius 1 is 1.52 bits per heavy atom. The van der Waals surface area contributed by atoms with Crippen LogP contribution in [0.2, 0.25) is 5.22 Å². The van der Waals surface area contributed by atoms with Crippen LogP contribution in [0.4, 0.5) is 0 Å². The summed E-state index contributed by atoms with van der Waals surface area (Å²) in [5.41, 5.74) is -0.402. The van der Waals surface area contributed by atoms with Gasteiger partial charge in [0.05, 0.1) is 24.6 Å². The van der Waals surface area contributed by atoms with Crippen LogP contribution in [-0.4, -0.2) is 44.0 Å². The van der Waals surface area contributed by atoms with Gasteiger partial charge in [0.25, 0.3) is 5.91 Å². The molecule has 0 aromatic carbocycles. The van der Waals surface area contributed by atoms with Crippen molar-refractivity contribution in [1.29, 1.82) is 0 Å². The highest BCUT2D eigenvalue weighted by atomic mass is 35.5. The molecule has 23 heavy (non-hydrogen) atoms. The molecule has 0 saturated carbocycles. The zero-order valence-corrected chi connectivity index (χ0v) is 13.8. The van der Waals surface area contributed by atoms with Crippen molar-refractivity contribution < 1.29 is 14.3 Å². The molecular weight excluding hydrogens is 320 g/mol. The lowest BCUT2D eigenvalue weighted by molar-refractivity contribution is -0.0320. The Kier molecular flexibility index (Phi) is 4.16. The number of nitrogens with zero attached hydrogens (tertiary/aromatic N) is 4. The van der Waals surface area contributed by atoms with Gasteiger partial charge in [-0.2, -0.15) is 0 Å². The van der Waals surface area contributed by atoms with E-state index in [0.29, 0.717) is 30.6 Å². The minimum atomic E-state index is -1.20. The Bertz CT molecular complexity index is 711. The molecule has 2 aromatic heterocycles. The van der Waals surface area contributed by atoms with Gasteiger partial charge in [-0.25, -0.2) is 4.68 Å². The second-order valence-corrected chi connectivity index (χ2v) is 6.49. The number of β-amino-alcohol motifs (C(OH)–C–C–N with tert-alkyl or cyclic N) is 1. The number of likely N-dealkylation sites (tertiary alicyclic amines) is 1. The van der Waals surface area contributed by atoms with E-state index in [2.05, 4.69) is 10.3 Å². The van der Waals surface area contributed by atoms with Gasteiger partial charge in [-0.3, -0.25) is 4.79 Å². The molecule has 1 atom stereocenters. The van der Waals surface area contributed by atoms with Crippen LogP contribution in [0.25, 0.3) is 0 Å². The average molecular weight is 339 g/mol. The third kappa shape index (κ3) is 2.98. The molecule has 1 saturated heterocycles. The fraction of sp³-hybridized carbons (Fsp3) is 0.533. The first-order valence-electron chi connectivity index (χ1n) is 7.58. The molecule has 8 heteroatoms. The summed E-state index contributed by atoms with van der Waals surface area (Å²) in [7, 11) is 0. The van der Waals surface area contributed by atoms with Crippen molar-refractivity contribution in [2.75, 3.05) is 13.1 Å². The highest BCUT2D eigenvalue weighted by molar-refractivity contribution is 6.32. The van der Waals surface area contributed by atoms with E-state index < -0.39 is 5.60 Å². The van der Waals surface area contributed by atoms with Crippen LogP contribution in [0.15, 0.2) is 22.9 Å². The number of halogens is 1. The number of hydrogen-bond acceptors (Lipinski definition) is 5. The van der Waals surface area contributed by atoms with Gasteiger partial charge >= 0.3 is 0 Å². The second-order valence-electron chi connectivity index (χ2n) is 6.15. The van der Waals surface area contributed by atoms with Crippen LogP contribution in [0.3, 0.4) is 0 Å². The summed E-state index contributed by atoms with van der Waals surface area (Å²) in [6.45, 7) is 4.69. The summed E-state index contributed by atoms with van der Waals surface area (Å²) in [4.78, 5) is 14.1. The van der Waals surface area contributed by atoms with E-state index >= 15 is 0 Å². The van der Waals surface area contributed by atoms with E-state index in [-0.39, 0.29) is 23.7 Å². The van der Waals surface area contributed by atoms with Crippen LogP contribution in [-0.2, 0) is 5.60 Å². The Morgan fingerprint density at radius 2 is 2.30 bits per heavy atom. The lowest BCUT2D eigenvalue weighted by Crippen LogP contribution is -2.48. The van der Waals surface area contributed by atoms with Crippen molar-refractivity contribution in [2.45, 2.75) is 38.3 Å². The number of aromatic nitrogens is 3. The van der Waals surface area contributed by atoms with Crippen LogP contribution in [0, 0.1) is 0 Å². The summed E-state index contributed by atoms with van der Waals surface area (Å²) in [5, 5.41) is 19.1. The first kappa shape index (κ1) is 16.0.